The number of aryl methyl sites for hydroxylation is 1. The Morgan fingerprint density at radius 1 is 1.50 bits per heavy atom. The van der Waals surface area contributed by atoms with Gasteiger partial charge in [0.25, 0.3) is 0 Å². The summed E-state index contributed by atoms with van der Waals surface area (Å²) in [4.78, 5) is 3.85. The maximum atomic E-state index is 3.46. The van der Waals surface area contributed by atoms with Crippen molar-refractivity contribution in [1.29, 1.82) is 0 Å². The fourth-order valence-electron chi connectivity index (χ4n) is 1.95. The second-order valence-corrected chi connectivity index (χ2v) is 5.56. The zero-order chi connectivity index (χ0) is 11.4. The highest BCUT2D eigenvalue weighted by Crippen LogP contribution is 2.21. The monoisotopic (exact) mass is 236 g/mol. The Balaban J connectivity index is 1.86. The van der Waals surface area contributed by atoms with E-state index in [0.29, 0.717) is 6.04 Å². The van der Waals surface area contributed by atoms with E-state index in [-0.39, 0.29) is 0 Å². The van der Waals surface area contributed by atoms with Crippen LogP contribution in [0.2, 0.25) is 0 Å². The van der Waals surface area contributed by atoms with Gasteiger partial charge in [-0.05, 0) is 26.1 Å². The van der Waals surface area contributed by atoms with Gasteiger partial charge in [-0.3, -0.25) is 0 Å². The van der Waals surface area contributed by atoms with E-state index in [1.807, 2.05) is 11.8 Å². The Hall–Kier alpha value is -0.510. The lowest BCUT2D eigenvalue weighted by Gasteiger charge is -2.32. The van der Waals surface area contributed by atoms with Crippen LogP contribution in [-0.2, 0) is 0 Å². The third-order valence-corrected chi connectivity index (χ3v) is 4.22. The summed E-state index contributed by atoms with van der Waals surface area (Å²) in [5.74, 6) is 1.17. The molecule has 0 aromatic heterocycles. The SMILES string of the molecule is Cc1cccc(SCC2CNCCN2C)c1. The standard InChI is InChI=1S/C13H20N2S/c1-11-4-3-5-13(8-11)16-10-12-9-14-6-7-15(12)2/h3-5,8,12,14H,6-7,9-10H2,1-2H3. The zero-order valence-corrected chi connectivity index (χ0v) is 10.9. The number of rotatable bonds is 3. The van der Waals surface area contributed by atoms with Gasteiger partial charge in [0.1, 0.15) is 0 Å². The zero-order valence-electron chi connectivity index (χ0n) is 10.1. The summed E-state index contributed by atoms with van der Waals surface area (Å²) in [6, 6.07) is 9.42. The molecule has 16 heavy (non-hydrogen) atoms. The van der Waals surface area contributed by atoms with Crippen LogP contribution in [0, 0.1) is 6.92 Å². The number of hydrogen-bond acceptors (Lipinski definition) is 3. The molecule has 2 rings (SSSR count). The van der Waals surface area contributed by atoms with Gasteiger partial charge in [0.05, 0.1) is 0 Å². The molecular weight excluding hydrogens is 216 g/mol. The fourth-order valence-corrected chi connectivity index (χ4v) is 3.15. The first kappa shape index (κ1) is 12.0. The third kappa shape index (κ3) is 3.24. The molecule has 1 saturated heterocycles. The van der Waals surface area contributed by atoms with E-state index < -0.39 is 0 Å². The fraction of sp³-hybridized carbons (Fsp3) is 0.538. The minimum Gasteiger partial charge on any atom is -0.314 e. The molecule has 1 heterocycles. The first-order valence-corrected chi connectivity index (χ1v) is 6.85. The topological polar surface area (TPSA) is 15.3 Å². The van der Waals surface area contributed by atoms with E-state index >= 15 is 0 Å². The smallest absolute Gasteiger partial charge is 0.0312 e. The largest absolute Gasteiger partial charge is 0.314 e. The van der Waals surface area contributed by atoms with Gasteiger partial charge < -0.3 is 10.2 Å². The minimum atomic E-state index is 0.666. The molecule has 0 bridgehead atoms. The van der Waals surface area contributed by atoms with Crippen LogP contribution in [-0.4, -0.2) is 43.4 Å². The Kier molecular flexibility index (Phi) is 4.27. The molecule has 1 aromatic rings. The van der Waals surface area contributed by atoms with Crippen LogP contribution >= 0.6 is 11.8 Å². The summed E-state index contributed by atoms with van der Waals surface area (Å²) in [6.07, 6.45) is 0. The molecule has 0 spiro atoms. The molecule has 3 heteroatoms. The van der Waals surface area contributed by atoms with Crippen LogP contribution in [0.3, 0.4) is 0 Å². The van der Waals surface area contributed by atoms with Crippen LogP contribution in [0.5, 0.6) is 0 Å². The van der Waals surface area contributed by atoms with Gasteiger partial charge >= 0.3 is 0 Å². The van der Waals surface area contributed by atoms with Crippen LogP contribution in [0.1, 0.15) is 5.56 Å². The van der Waals surface area contributed by atoms with Crippen LogP contribution in [0.25, 0.3) is 0 Å². The highest BCUT2D eigenvalue weighted by Gasteiger charge is 2.18. The van der Waals surface area contributed by atoms with E-state index in [1.54, 1.807) is 0 Å². The molecular formula is C13H20N2S. The van der Waals surface area contributed by atoms with Crippen molar-refractivity contribution in [2.45, 2.75) is 17.9 Å². The Bertz CT molecular complexity index is 340. The number of likely N-dealkylation sites (N-methyl/N-ethyl adjacent to an activating group) is 1. The van der Waals surface area contributed by atoms with Gasteiger partial charge in [-0.2, -0.15) is 0 Å². The van der Waals surface area contributed by atoms with Crippen molar-refractivity contribution in [3.63, 3.8) is 0 Å². The molecule has 1 fully saturated rings. The summed E-state index contributed by atoms with van der Waals surface area (Å²) >= 11 is 1.96. The van der Waals surface area contributed by atoms with Crippen molar-refractivity contribution < 1.29 is 0 Å². The second-order valence-electron chi connectivity index (χ2n) is 4.47. The molecule has 1 aromatic carbocycles. The van der Waals surface area contributed by atoms with Crippen molar-refractivity contribution in [1.82, 2.24) is 10.2 Å². The summed E-state index contributed by atoms with van der Waals surface area (Å²) in [7, 11) is 2.22. The van der Waals surface area contributed by atoms with Gasteiger partial charge in [0.2, 0.25) is 0 Å². The highest BCUT2D eigenvalue weighted by atomic mass is 32.2. The van der Waals surface area contributed by atoms with Crippen LogP contribution < -0.4 is 5.32 Å². The predicted octanol–water partition coefficient (Wildman–Crippen LogP) is 1.99. The number of hydrogen-bond donors (Lipinski definition) is 1. The molecule has 0 aliphatic carbocycles. The molecule has 1 unspecified atom stereocenters. The second kappa shape index (κ2) is 5.71. The van der Waals surface area contributed by atoms with Gasteiger partial charge in [-0.1, -0.05) is 17.7 Å². The van der Waals surface area contributed by atoms with Gasteiger partial charge in [0, 0.05) is 36.3 Å². The van der Waals surface area contributed by atoms with Crippen molar-refractivity contribution in [2.24, 2.45) is 0 Å². The summed E-state index contributed by atoms with van der Waals surface area (Å²) in [5.41, 5.74) is 1.35. The molecule has 0 radical (unpaired) electrons. The van der Waals surface area contributed by atoms with Crippen molar-refractivity contribution in [2.75, 3.05) is 32.4 Å². The van der Waals surface area contributed by atoms with E-state index in [4.69, 9.17) is 0 Å². The third-order valence-electron chi connectivity index (χ3n) is 3.08. The highest BCUT2D eigenvalue weighted by molar-refractivity contribution is 7.99. The number of benzene rings is 1. The molecule has 1 N–H and O–H groups in total. The number of piperazine rings is 1. The maximum Gasteiger partial charge on any atom is 0.0312 e. The number of nitrogens with one attached hydrogen (secondary N) is 1. The molecule has 2 nitrogen and oxygen atoms in total. The summed E-state index contributed by atoms with van der Waals surface area (Å²) < 4.78 is 0. The van der Waals surface area contributed by atoms with Crippen molar-refractivity contribution in [3.8, 4) is 0 Å². The van der Waals surface area contributed by atoms with E-state index in [2.05, 4.69) is 48.5 Å². The van der Waals surface area contributed by atoms with Crippen LogP contribution in [0.15, 0.2) is 29.2 Å². The van der Waals surface area contributed by atoms with Crippen molar-refractivity contribution in [3.05, 3.63) is 29.8 Å². The van der Waals surface area contributed by atoms with Crippen LogP contribution in [0.4, 0.5) is 0 Å². The lowest BCUT2D eigenvalue weighted by molar-refractivity contribution is 0.218. The predicted molar refractivity (Wildman–Crippen MR) is 71.2 cm³/mol. The Labute approximate surface area is 102 Å². The average Bonchev–Trinajstić information content (AvgIpc) is 2.28. The van der Waals surface area contributed by atoms with Gasteiger partial charge in [-0.25, -0.2) is 0 Å². The molecule has 0 amide bonds. The molecule has 0 saturated carbocycles. The number of nitrogens with zero attached hydrogens (tertiary/aromatic N) is 1. The lowest BCUT2D eigenvalue weighted by atomic mass is 10.2. The quantitative estimate of drug-likeness (QED) is 0.808. The Morgan fingerprint density at radius 2 is 2.38 bits per heavy atom. The molecule has 88 valence electrons. The van der Waals surface area contributed by atoms with E-state index in [1.165, 1.54) is 22.8 Å². The normalized spacial score (nSPS) is 22.2. The minimum absolute atomic E-state index is 0.666. The molecule has 1 aliphatic rings. The summed E-state index contributed by atoms with van der Waals surface area (Å²) in [5, 5.41) is 3.46. The number of thioether (sulfide) groups is 1. The van der Waals surface area contributed by atoms with Crippen molar-refractivity contribution >= 4 is 11.8 Å². The Morgan fingerprint density at radius 3 is 3.12 bits per heavy atom. The average molecular weight is 236 g/mol. The maximum absolute atomic E-state index is 3.46. The van der Waals surface area contributed by atoms with Gasteiger partial charge in [0.15, 0.2) is 0 Å². The summed E-state index contributed by atoms with van der Waals surface area (Å²) in [6.45, 7) is 5.56. The first-order chi connectivity index (χ1) is 7.75. The first-order valence-electron chi connectivity index (χ1n) is 5.86. The van der Waals surface area contributed by atoms with Gasteiger partial charge in [-0.15, -0.1) is 11.8 Å². The molecule has 1 aliphatic heterocycles. The van der Waals surface area contributed by atoms with E-state index in [9.17, 15) is 0 Å². The lowest BCUT2D eigenvalue weighted by Crippen LogP contribution is -2.50. The van der Waals surface area contributed by atoms with E-state index in [0.717, 1.165) is 13.1 Å². The molecule has 1 atom stereocenters.